The molecule has 0 radical (unpaired) electrons. The second-order valence-corrected chi connectivity index (χ2v) is 20.3. The molecule has 0 aliphatic heterocycles. The highest BCUT2D eigenvalue weighted by atomic mass is 31.1. The highest BCUT2D eigenvalue weighted by molar-refractivity contribution is 7.79. The average molecular weight is 893 g/mol. The Bertz CT molecular complexity index is 3910. The number of fused-ring (bicyclic) bond motifs is 12. The van der Waals surface area contributed by atoms with E-state index in [1.54, 1.807) is 0 Å². The first-order valence-corrected chi connectivity index (χ1v) is 25.0. The molecule has 0 saturated heterocycles. The summed E-state index contributed by atoms with van der Waals surface area (Å²) in [6.45, 7) is 0. The quantitative estimate of drug-likeness (QED) is 0.0944. The van der Waals surface area contributed by atoms with E-state index in [0.717, 1.165) is 43.6 Å². The van der Waals surface area contributed by atoms with Gasteiger partial charge in [0.05, 0.1) is 22.1 Å². The summed E-state index contributed by atoms with van der Waals surface area (Å²) in [5.74, 6) is 0. The summed E-state index contributed by atoms with van der Waals surface area (Å²) in [4.78, 5) is 10.9. The molecule has 2 aromatic heterocycles. The van der Waals surface area contributed by atoms with Crippen LogP contribution < -0.4 is 15.9 Å². The van der Waals surface area contributed by atoms with Crippen molar-refractivity contribution in [2.45, 2.75) is 0 Å². The van der Waals surface area contributed by atoms with Gasteiger partial charge in [0.1, 0.15) is 0 Å². The van der Waals surface area contributed by atoms with E-state index in [1.165, 1.54) is 92.4 Å². The summed E-state index contributed by atoms with van der Waals surface area (Å²) in [6, 6.07) is 91.4. The molecule has 14 rings (SSSR count). The Morgan fingerprint density at radius 1 is 0.203 bits per heavy atom. The van der Waals surface area contributed by atoms with E-state index in [0.29, 0.717) is 0 Å². The van der Waals surface area contributed by atoms with E-state index in [1.807, 2.05) is 0 Å². The lowest BCUT2D eigenvalue weighted by atomic mass is 9.92. The van der Waals surface area contributed by atoms with E-state index in [4.69, 9.17) is 9.97 Å². The molecule has 2 heterocycles. The molecule has 0 atom stereocenters. The molecule has 3 heteroatoms. The lowest BCUT2D eigenvalue weighted by Gasteiger charge is -2.21. The lowest BCUT2D eigenvalue weighted by Crippen LogP contribution is -2.20. The van der Waals surface area contributed by atoms with Crippen molar-refractivity contribution in [3.8, 4) is 33.4 Å². The van der Waals surface area contributed by atoms with Gasteiger partial charge in [-0.15, -0.1) is 0 Å². The van der Waals surface area contributed by atoms with Gasteiger partial charge in [-0.05, 0) is 67.6 Å². The Kier molecular flexibility index (Phi) is 9.22. The number of hydrogen-bond acceptors (Lipinski definition) is 2. The zero-order chi connectivity index (χ0) is 45.4. The molecule has 0 amide bonds. The van der Waals surface area contributed by atoms with Crippen molar-refractivity contribution in [3.63, 3.8) is 0 Å². The Morgan fingerprint density at radius 2 is 0.478 bits per heavy atom. The van der Waals surface area contributed by atoms with Gasteiger partial charge in [0.15, 0.2) is 0 Å². The predicted molar refractivity (Wildman–Crippen MR) is 297 cm³/mol. The minimum atomic E-state index is -0.947. The van der Waals surface area contributed by atoms with Gasteiger partial charge in [0.2, 0.25) is 0 Å². The van der Waals surface area contributed by atoms with Crippen molar-refractivity contribution in [2.24, 2.45) is 0 Å². The zero-order valence-electron chi connectivity index (χ0n) is 37.5. The first-order chi connectivity index (χ1) is 34.2. The van der Waals surface area contributed by atoms with Gasteiger partial charge >= 0.3 is 0 Å². The van der Waals surface area contributed by atoms with Crippen LogP contribution in [0.5, 0.6) is 0 Å². The minimum absolute atomic E-state index is 0.947. The molecule has 0 bridgehead atoms. The summed E-state index contributed by atoms with van der Waals surface area (Å²) in [5, 5.41) is 18.0. The lowest BCUT2D eigenvalue weighted by molar-refractivity contribution is 1.53. The van der Waals surface area contributed by atoms with Crippen molar-refractivity contribution in [2.75, 3.05) is 0 Å². The molecule has 0 aliphatic rings. The van der Waals surface area contributed by atoms with Crippen LogP contribution in [0.25, 0.3) is 120 Å². The van der Waals surface area contributed by atoms with Crippen molar-refractivity contribution in [1.29, 1.82) is 0 Å². The monoisotopic (exact) mass is 892 g/mol. The van der Waals surface area contributed by atoms with Gasteiger partial charge in [-0.1, -0.05) is 249 Å². The molecule has 320 valence electrons. The summed E-state index contributed by atoms with van der Waals surface area (Å²) in [5.41, 5.74) is 11.4. The molecule has 0 aliphatic carbocycles. The smallest absolute Gasteiger partial charge is 0.0794 e. The number of rotatable bonds is 6. The van der Waals surface area contributed by atoms with Gasteiger partial charge in [0, 0.05) is 54.2 Å². The summed E-state index contributed by atoms with van der Waals surface area (Å²) in [6.07, 6.45) is 0. The van der Waals surface area contributed by atoms with Gasteiger partial charge in [0.25, 0.3) is 0 Å². The molecule has 0 spiro atoms. The number of hydrogen-bond donors (Lipinski definition) is 0. The van der Waals surface area contributed by atoms with Crippen LogP contribution in [0, 0.1) is 0 Å². The third kappa shape index (κ3) is 6.52. The normalized spacial score (nSPS) is 11.9. The van der Waals surface area contributed by atoms with Crippen molar-refractivity contribution >= 4 is 111 Å². The summed E-state index contributed by atoms with van der Waals surface area (Å²) < 4.78 is 0. The van der Waals surface area contributed by atoms with Crippen LogP contribution in [0.4, 0.5) is 0 Å². The SMILES string of the molecule is c1ccc(-c2ccc(P(c3ccc(-c4c5ccc6ccccc6c5nc5c4ccc4ccccc45)cc3)c3ccc(-c4c5ccc6ccccc6c5nc5c4ccc4ccccc45)cc3)cc2)cc1. The van der Waals surface area contributed by atoms with Gasteiger partial charge in [-0.3, -0.25) is 0 Å². The molecule has 0 fully saturated rings. The van der Waals surface area contributed by atoms with Gasteiger partial charge in [-0.2, -0.15) is 0 Å². The fourth-order valence-corrected chi connectivity index (χ4v) is 13.1. The molecule has 69 heavy (non-hydrogen) atoms. The molecule has 0 saturated carbocycles. The Labute approximate surface area is 400 Å². The molecule has 0 unspecified atom stereocenters. The fourth-order valence-electron chi connectivity index (χ4n) is 10.9. The van der Waals surface area contributed by atoms with Crippen LogP contribution in [0.2, 0.25) is 0 Å². The second-order valence-electron chi connectivity index (χ2n) is 18.0. The topological polar surface area (TPSA) is 25.8 Å². The predicted octanol–water partition coefficient (Wildman–Crippen LogP) is 16.5. The Morgan fingerprint density at radius 3 is 0.812 bits per heavy atom. The molecule has 12 aromatic carbocycles. The van der Waals surface area contributed by atoms with Crippen LogP contribution in [0.15, 0.2) is 249 Å². The van der Waals surface area contributed by atoms with Crippen LogP contribution in [0.3, 0.4) is 0 Å². The number of pyridine rings is 2. The number of benzene rings is 12. The van der Waals surface area contributed by atoms with E-state index in [9.17, 15) is 0 Å². The van der Waals surface area contributed by atoms with Crippen LogP contribution in [-0.2, 0) is 0 Å². The number of aromatic nitrogens is 2. The first kappa shape index (κ1) is 39.6. The summed E-state index contributed by atoms with van der Waals surface area (Å²) in [7, 11) is -0.947. The Balaban J connectivity index is 0.941. The second kappa shape index (κ2) is 16.1. The molecular formula is C66H41N2P. The van der Waals surface area contributed by atoms with E-state index in [-0.39, 0.29) is 0 Å². The van der Waals surface area contributed by atoms with Gasteiger partial charge < -0.3 is 0 Å². The minimum Gasteiger partial charge on any atom is -0.246 e. The zero-order valence-corrected chi connectivity index (χ0v) is 38.4. The average Bonchev–Trinajstić information content (AvgIpc) is 3.42. The van der Waals surface area contributed by atoms with Crippen LogP contribution in [-0.4, -0.2) is 9.97 Å². The summed E-state index contributed by atoms with van der Waals surface area (Å²) >= 11 is 0. The fraction of sp³-hybridized carbons (Fsp3) is 0. The molecule has 14 aromatic rings. The van der Waals surface area contributed by atoms with Crippen molar-refractivity contribution < 1.29 is 0 Å². The standard InChI is InChI=1S/C66H41N2P/c1-2-12-42(13-3-1)43-22-32-50(33-23-43)69(51-34-24-48(25-35-51)61-57-38-28-44-14-4-8-18-53(44)63(57)67-64-54-19-9-5-15-45(54)29-39-58(61)64)52-36-26-49(27-37-52)62-59-40-30-46-16-6-10-20-55(46)65(59)68-66-56-21-11-7-17-47(56)31-41-60(62)66/h1-41H. The molecule has 0 N–H and O–H groups in total. The maximum Gasteiger partial charge on any atom is 0.0794 e. The first-order valence-electron chi connectivity index (χ1n) is 23.6. The highest BCUT2D eigenvalue weighted by Gasteiger charge is 2.21. The largest absolute Gasteiger partial charge is 0.246 e. The third-order valence-electron chi connectivity index (χ3n) is 14.2. The third-order valence-corrected chi connectivity index (χ3v) is 16.6. The highest BCUT2D eigenvalue weighted by Crippen LogP contribution is 2.43. The van der Waals surface area contributed by atoms with E-state index in [2.05, 4.69) is 249 Å². The van der Waals surface area contributed by atoms with Crippen molar-refractivity contribution in [3.05, 3.63) is 249 Å². The molecular weight excluding hydrogens is 852 g/mol. The van der Waals surface area contributed by atoms with Crippen LogP contribution >= 0.6 is 7.92 Å². The van der Waals surface area contributed by atoms with Gasteiger partial charge in [-0.25, -0.2) is 9.97 Å². The van der Waals surface area contributed by atoms with E-state index >= 15 is 0 Å². The Hall–Kier alpha value is -8.55. The number of nitrogens with zero attached hydrogens (tertiary/aromatic N) is 2. The molecule has 2 nitrogen and oxygen atoms in total. The van der Waals surface area contributed by atoms with Crippen LogP contribution in [0.1, 0.15) is 0 Å². The maximum atomic E-state index is 5.46. The van der Waals surface area contributed by atoms with E-state index < -0.39 is 7.92 Å². The maximum absolute atomic E-state index is 5.46. The van der Waals surface area contributed by atoms with Crippen molar-refractivity contribution in [1.82, 2.24) is 9.97 Å².